The number of fused-ring (bicyclic) bond motifs is 1. The van der Waals surface area contributed by atoms with Crippen molar-refractivity contribution in [1.82, 2.24) is 4.57 Å². The highest BCUT2D eigenvalue weighted by Crippen LogP contribution is 2.34. The largest absolute Gasteiger partial charge is 0.573 e. The average molecular weight is 578 g/mol. The van der Waals surface area contributed by atoms with Crippen molar-refractivity contribution >= 4 is 34.3 Å². The molecule has 0 aliphatic heterocycles. The van der Waals surface area contributed by atoms with Gasteiger partial charge in [0.25, 0.3) is 0 Å². The van der Waals surface area contributed by atoms with Crippen LogP contribution in [0.15, 0.2) is 60.7 Å². The molecule has 0 saturated heterocycles. The molecule has 4 rings (SSSR count). The Morgan fingerprint density at radius 2 is 1.70 bits per heavy atom. The van der Waals surface area contributed by atoms with Crippen LogP contribution >= 0.6 is 11.6 Å². The lowest BCUT2D eigenvalue weighted by Crippen LogP contribution is -2.32. The lowest BCUT2D eigenvalue weighted by atomic mass is 10.0. The molecule has 0 saturated carbocycles. The Hall–Kier alpha value is -4.05. The van der Waals surface area contributed by atoms with E-state index in [-0.39, 0.29) is 29.2 Å². The first-order chi connectivity index (χ1) is 18.7. The average Bonchev–Trinajstić information content (AvgIpc) is 3.13. The Kier molecular flexibility index (Phi) is 8.11. The molecule has 0 radical (unpaired) electrons. The molecule has 0 fully saturated rings. The van der Waals surface area contributed by atoms with E-state index in [4.69, 9.17) is 16.3 Å². The fraction of sp³-hybridized carbons (Fsp3) is 0.241. The van der Waals surface area contributed by atoms with Gasteiger partial charge >= 0.3 is 12.3 Å². The van der Waals surface area contributed by atoms with Crippen LogP contribution in [0.3, 0.4) is 0 Å². The standard InChI is InChI=1S/C29H24ClF4NO5/c1-15(2)27(28(37)38)39-24-12-17(4-11-22(24)31)14-35-16(3)25(26(36)18-5-7-19(30)8-6-18)21-10-9-20(13-23(21)35)40-29(32,33)34/h4-13,15,27H,14H2,1-3H3,(H,37,38). The molecule has 0 spiro atoms. The van der Waals surface area contributed by atoms with E-state index in [0.29, 0.717) is 27.2 Å². The second-order valence-corrected chi connectivity index (χ2v) is 9.93. The first kappa shape index (κ1) is 28.9. The van der Waals surface area contributed by atoms with Crippen LogP contribution in [0.25, 0.3) is 10.9 Å². The minimum absolute atomic E-state index is 0.00175. The van der Waals surface area contributed by atoms with Crippen LogP contribution in [0.1, 0.15) is 41.0 Å². The first-order valence-corrected chi connectivity index (χ1v) is 12.5. The zero-order valence-electron chi connectivity index (χ0n) is 21.6. The van der Waals surface area contributed by atoms with E-state index in [1.54, 1.807) is 49.6 Å². The van der Waals surface area contributed by atoms with Gasteiger partial charge in [-0.2, -0.15) is 0 Å². The van der Waals surface area contributed by atoms with Gasteiger partial charge in [0, 0.05) is 40.2 Å². The summed E-state index contributed by atoms with van der Waals surface area (Å²) in [6, 6.07) is 13.8. The molecule has 210 valence electrons. The van der Waals surface area contributed by atoms with Gasteiger partial charge < -0.3 is 19.1 Å². The summed E-state index contributed by atoms with van der Waals surface area (Å²) in [6.07, 6.45) is -6.23. The number of rotatable bonds is 9. The van der Waals surface area contributed by atoms with Crippen molar-refractivity contribution in [3.05, 3.63) is 93.9 Å². The molecule has 1 aromatic heterocycles. The smallest absolute Gasteiger partial charge is 0.478 e. The number of halogens is 5. The Balaban J connectivity index is 1.82. The Morgan fingerprint density at radius 1 is 1.02 bits per heavy atom. The quantitative estimate of drug-likeness (QED) is 0.166. The van der Waals surface area contributed by atoms with Gasteiger partial charge in [0.1, 0.15) is 5.75 Å². The predicted octanol–water partition coefficient (Wildman–Crippen LogP) is 7.41. The van der Waals surface area contributed by atoms with Crippen LogP contribution in [0.4, 0.5) is 17.6 Å². The third-order valence-electron chi connectivity index (χ3n) is 6.30. The molecule has 3 aromatic carbocycles. The number of ether oxygens (including phenoxy) is 2. The van der Waals surface area contributed by atoms with E-state index in [1.165, 1.54) is 24.3 Å². The summed E-state index contributed by atoms with van der Waals surface area (Å²) in [5, 5.41) is 10.3. The number of alkyl halides is 3. The second-order valence-electron chi connectivity index (χ2n) is 9.49. The van der Waals surface area contributed by atoms with E-state index < -0.39 is 35.9 Å². The van der Waals surface area contributed by atoms with E-state index in [1.807, 2.05) is 0 Å². The number of carbonyl (C=O) groups excluding carboxylic acids is 1. The molecule has 1 heterocycles. The van der Waals surface area contributed by atoms with Gasteiger partial charge in [-0.1, -0.05) is 31.5 Å². The van der Waals surface area contributed by atoms with Crippen molar-refractivity contribution in [3.63, 3.8) is 0 Å². The number of carboxylic acid groups (broad SMARTS) is 1. The van der Waals surface area contributed by atoms with Gasteiger partial charge in [-0.25, -0.2) is 9.18 Å². The highest BCUT2D eigenvalue weighted by molar-refractivity contribution is 6.30. The van der Waals surface area contributed by atoms with E-state index in [2.05, 4.69) is 4.74 Å². The highest BCUT2D eigenvalue weighted by atomic mass is 35.5. The summed E-state index contributed by atoms with van der Waals surface area (Å²) in [5.41, 5.74) is 1.76. The van der Waals surface area contributed by atoms with Crippen molar-refractivity contribution < 1.29 is 41.7 Å². The molecular weight excluding hydrogens is 554 g/mol. The van der Waals surface area contributed by atoms with Crippen LogP contribution in [0, 0.1) is 18.7 Å². The zero-order chi connectivity index (χ0) is 29.4. The highest BCUT2D eigenvalue weighted by Gasteiger charge is 2.32. The fourth-order valence-corrected chi connectivity index (χ4v) is 4.54. The molecule has 0 bridgehead atoms. The van der Waals surface area contributed by atoms with Crippen LogP contribution in [-0.4, -0.2) is 33.9 Å². The van der Waals surface area contributed by atoms with Crippen LogP contribution in [-0.2, 0) is 11.3 Å². The Bertz CT molecular complexity index is 1580. The molecule has 1 N–H and O–H groups in total. The van der Waals surface area contributed by atoms with Crippen LogP contribution in [0.2, 0.25) is 5.02 Å². The van der Waals surface area contributed by atoms with Crippen molar-refractivity contribution in [3.8, 4) is 11.5 Å². The summed E-state index contributed by atoms with van der Waals surface area (Å²) in [6.45, 7) is 4.89. The van der Waals surface area contributed by atoms with E-state index in [0.717, 1.165) is 12.1 Å². The molecule has 11 heteroatoms. The molecule has 0 amide bonds. The summed E-state index contributed by atoms with van der Waals surface area (Å²) >= 11 is 5.95. The van der Waals surface area contributed by atoms with E-state index >= 15 is 0 Å². The Labute approximate surface area is 231 Å². The van der Waals surface area contributed by atoms with E-state index in [9.17, 15) is 32.3 Å². The van der Waals surface area contributed by atoms with Crippen LogP contribution < -0.4 is 9.47 Å². The molecule has 40 heavy (non-hydrogen) atoms. The lowest BCUT2D eigenvalue weighted by molar-refractivity contribution is -0.274. The maximum Gasteiger partial charge on any atom is 0.573 e. The van der Waals surface area contributed by atoms with Gasteiger partial charge in [-0.15, -0.1) is 13.2 Å². The molecule has 4 aromatic rings. The lowest BCUT2D eigenvalue weighted by Gasteiger charge is -2.19. The molecule has 1 atom stereocenters. The molecule has 0 aliphatic rings. The van der Waals surface area contributed by atoms with Gasteiger partial charge in [0.15, 0.2) is 23.5 Å². The number of nitrogens with zero attached hydrogens (tertiary/aromatic N) is 1. The summed E-state index contributed by atoms with van der Waals surface area (Å²) in [7, 11) is 0. The fourth-order valence-electron chi connectivity index (χ4n) is 4.42. The van der Waals surface area contributed by atoms with Crippen LogP contribution in [0.5, 0.6) is 11.5 Å². The molecular formula is C29H24ClF4NO5. The number of carboxylic acids is 1. The first-order valence-electron chi connectivity index (χ1n) is 12.1. The SMILES string of the molecule is Cc1c(C(=O)c2ccc(Cl)cc2)c2ccc(OC(F)(F)F)cc2n1Cc1ccc(F)c(OC(C(=O)O)C(C)C)c1. The molecule has 6 nitrogen and oxygen atoms in total. The number of benzene rings is 3. The topological polar surface area (TPSA) is 77.8 Å². The summed E-state index contributed by atoms with van der Waals surface area (Å²) < 4.78 is 64.6. The number of aromatic nitrogens is 1. The molecule has 1 unspecified atom stereocenters. The van der Waals surface area contributed by atoms with Crippen molar-refractivity contribution in [2.45, 2.75) is 39.8 Å². The minimum atomic E-state index is -4.93. The minimum Gasteiger partial charge on any atom is -0.478 e. The maximum absolute atomic E-state index is 14.6. The number of hydrogen-bond donors (Lipinski definition) is 1. The molecule has 0 aliphatic carbocycles. The monoisotopic (exact) mass is 577 g/mol. The van der Waals surface area contributed by atoms with Gasteiger partial charge in [-0.05, 0) is 61.0 Å². The van der Waals surface area contributed by atoms with Crippen molar-refractivity contribution in [2.24, 2.45) is 5.92 Å². The van der Waals surface area contributed by atoms with Gasteiger partial charge in [0.05, 0.1) is 11.1 Å². The van der Waals surface area contributed by atoms with Crippen molar-refractivity contribution in [2.75, 3.05) is 0 Å². The number of ketones is 1. The third-order valence-corrected chi connectivity index (χ3v) is 6.55. The summed E-state index contributed by atoms with van der Waals surface area (Å²) in [4.78, 5) is 25.1. The van der Waals surface area contributed by atoms with Gasteiger partial charge in [0.2, 0.25) is 0 Å². The summed E-state index contributed by atoms with van der Waals surface area (Å²) in [5.74, 6) is -3.62. The normalized spacial score (nSPS) is 12.5. The second kappa shape index (κ2) is 11.2. The number of hydrogen-bond acceptors (Lipinski definition) is 4. The third kappa shape index (κ3) is 6.22. The number of carbonyl (C=O) groups is 2. The van der Waals surface area contributed by atoms with Gasteiger partial charge in [-0.3, -0.25) is 4.79 Å². The maximum atomic E-state index is 14.6. The predicted molar refractivity (Wildman–Crippen MR) is 141 cm³/mol. The number of aliphatic carboxylic acids is 1. The zero-order valence-corrected chi connectivity index (χ0v) is 22.3. The van der Waals surface area contributed by atoms with Crippen molar-refractivity contribution in [1.29, 1.82) is 0 Å². The Morgan fingerprint density at radius 3 is 2.30 bits per heavy atom.